The van der Waals surface area contributed by atoms with Crippen LogP contribution in [0.3, 0.4) is 0 Å². The zero-order valence-corrected chi connectivity index (χ0v) is 9.51. The van der Waals surface area contributed by atoms with E-state index in [4.69, 9.17) is 27.9 Å². The van der Waals surface area contributed by atoms with Gasteiger partial charge in [0.1, 0.15) is 6.10 Å². The lowest BCUT2D eigenvalue weighted by Crippen LogP contribution is -2.08. The first kappa shape index (κ1) is 10.6. The van der Waals surface area contributed by atoms with E-state index in [0.717, 1.165) is 0 Å². The summed E-state index contributed by atoms with van der Waals surface area (Å²) >= 11 is 11.6. The van der Waals surface area contributed by atoms with Crippen molar-refractivity contribution in [3.8, 4) is 5.75 Å². The van der Waals surface area contributed by atoms with Gasteiger partial charge in [-0.3, -0.25) is 0 Å². The van der Waals surface area contributed by atoms with E-state index < -0.39 is 0 Å². The Hall–Kier alpha value is -0.930. The zero-order chi connectivity index (χ0) is 11.0. The van der Waals surface area contributed by atoms with Crippen LogP contribution in [0.2, 0.25) is 10.0 Å². The molecule has 0 spiro atoms. The first-order chi connectivity index (χ1) is 7.08. The number of phenolic OH excluding ortho intramolecular Hbond substituents is 1. The summed E-state index contributed by atoms with van der Waals surface area (Å²) < 4.78 is 5.45. The number of hydrogen-bond acceptors (Lipinski definition) is 3. The normalized spacial score (nSPS) is 19.9. The third kappa shape index (κ3) is 2.03. The van der Waals surface area contributed by atoms with E-state index in [9.17, 15) is 5.11 Å². The van der Waals surface area contributed by atoms with Crippen LogP contribution in [0, 0.1) is 0 Å². The fourth-order valence-corrected chi connectivity index (χ4v) is 1.81. The second kappa shape index (κ2) is 3.91. The van der Waals surface area contributed by atoms with E-state index in [1.807, 2.05) is 6.92 Å². The van der Waals surface area contributed by atoms with Crippen molar-refractivity contribution in [3.63, 3.8) is 0 Å². The zero-order valence-electron chi connectivity index (χ0n) is 8.00. The van der Waals surface area contributed by atoms with E-state index in [1.165, 1.54) is 0 Å². The molecule has 5 heteroatoms. The summed E-state index contributed by atoms with van der Waals surface area (Å²) in [7, 11) is 0. The summed E-state index contributed by atoms with van der Waals surface area (Å²) in [5.74, 6) is 0.403. The van der Waals surface area contributed by atoms with Crippen molar-refractivity contribution in [2.45, 2.75) is 13.0 Å². The molecule has 1 heterocycles. The Morgan fingerprint density at radius 1 is 1.40 bits per heavy atom. The Balaban J connectivity index is 2.38. The molecule has 1 N–H and O–H groups in total. The van der Waals surface area contributed by atoms with Crippen molar-refractivity contribution in [2.75, 3.05) is 6.54 Å². The van der Waals surface area contributed by atoms with Gasteiger partial charge in [0.2, 0.25) is 5.90 Å². The lowest BCUT2D eigenvalue weighted by molar-refractivity contribution is 0.246. The number of halogens is 2. The number of aromatic hydroxyl groups is 1. The van der Waals surface area contributed by atoms with Gasteiger partial charge in [0.15, 0.2) is 5.75 Å². The molecule has 0 amide bonds. The Kier molecular flexibility index (Phi) is 2.76. The number of hydrogen-bond donors (Lipinski definition) is 1. The first-order valence-corrected chi connectivity index (χ1v) is 5.23. The van der Waals surface area contributed by atoms with Gasteiger partial charge in [0.05, 0.1) is 16.6 Å². The van der Waals surface area contributed by atoms with Crippen LogP contribution in [0.5, 0.6) is 5.75 Å². The summed E-state index contributed by atoms with van der Waals surface area (Å²) in [5.41, 5.74) is 0.687. The molecule has 1 aromatic carbocycles. The van der Waals surface area contributed by atoms with Gasteiger partial charge < -0.3 is 9.84 Å². The summed E-state index contributed by atoms with van der Waals surface area (Å²) in [6, 6.07) is 3.17. The molecule has 0 aromatic heterocycles. The molecule has 0 fully saturated rings. The molecule has 1 atom stereocenters. The number of rotatable bonds is 1. The van der Waals surface area contributed by atoms with Crippen molar-refractivity contribution >= 4 is 29.1 Å². The highest BCUT2D eigenvalue weighted by Gasteiger charge is 2.18. The van der Waals surface area contributed by atoms with Gasteiger partial charge in [0.25, 0.3) is 0 Å². The largest absolute Gasteiger partial charge is 0.505 e. The minimum atomic E-state index is -0.117. The van der Waals surface area contributed by atoms with Crippen LogP contribution in [0.25, 0.3) is 0 Å². The van der Waals surface area contributed by atoms with Gasteiger partial charge in [-0.1, -0.05) is 23.2 Å². The fourth-order valence-electron chi connectivity index (χ4n) is 1.32. The molecule has 1 aliphatic heterocycles. The molecule has 15 heavy (non-hydrogen) atoms. The third-order valence-electron chi connectivity index (χ3n) is 2.07. The van der Waals surface area contributed by atoms with E-state index >= 15 is 0 Å². The standard InChI is InChI=1S/C10H9Cl2NO2/c1-5-4-13-10(15-5)6-2-7(11)9(14)8(12)3-6/h2-3,5,14H,4H2,1H3. The molecule has 0 aliphatic carbocycles. The smallest absolute Gasteiger partial charge is 0.216 e. The molecule has 2 rings (SSSR count). The van der Waals surface area contributed by atoms with Gasteiger partial charge in [-0.2, -0.15) is 0 Å². The van der Waals surface area contributed by atoms with Crippen LogP contribution < -0.4 is 0 Å². The molecular weight excluding hydrogens is 237 g/mol. The molecular formula is C10H9Cl2NO2. The van der Waals surface area contributed by atoms with Crippen LogP contribution in [0.15, 0.2) is 17.1 Å². The maximum absolute atomic E-state index is 9.38. The predicted octanol–water partition coefficient (Wildman–Crippen LogP) is 2.86. The SMILES string of the molecule is CC1CN=C(c2cc(Cl)c(O)c(Cl)c2)O1. The highest BCUT2D eigenvalue weighted by Crippen LogP contribution is 2.33. The second-order valence-electron chi connectivity index (χ2n) is 3.36. The van der Waals surface area contributed by atoms with E-state index in [-0.39, 0.29) is 21.9 Å². The van der Waals surface area contributed by atoms with Gasteiger partial charge in [-0.25, -0.2) is 4.99 Å². The molecule has 1 aliphatic rings. The summed E-state index contributed by atoms with van der Waals surface area (Å²) in [6.07, 6.45) is 0.0753. The van der Waals surface area contributed by atoms with Crippen molar-refractivity contribution in [3.05, 3.63) is 27.7 Å². The summed E-state index contributed by atoms with van der Waals surface area (Å²) in [4.78, 5) is 4.19. The highest BCUT2D eigenvalue weighted by molar-refractivity contribution is 6.37. The molecule has 0 saturated heterocycles. The van der Waals surface area contributed by atoms with E-state index in [1.54, 1.807) is 12.1 Å². The Labute approximate surface area is 97.3 Å². The molecule has 0 saturated carbocycles. The molecule has 1 unspecified atom stereocenters. The highest BCUT2D eigenvalue weighted by atomic mass is 35.5. The fraction of sp³-hybridized carbons (Fsp3) is 0.300. The molecule has 0 radical (unpaired) electrons. The lowest BCUT2D eigenvalue weighted by atomic mass is 10.2. The summed E-state index contributed by atoms with van der Waals surface area (Å²) in [5, 5.41) is 9.78. The van der Waals surface area contributed by atoms with E-state index in [2.05, 4.69) is 4.99 Å². The average Bonchev–Trinajstić information content (AvgIpc) is 2.60. The number of aliphatic imine (C=N–C) groups is 1. The van der Waals surface area contributed by atoms with Gasteiger partial charge in [0, 0.05) is 5.56 Å². The van der Waals surface area contributed by atoms with Gasteiger partial charge in [-0.15, -0.1) is 0 Å². The minimum Gasteiger partial charge on any atom is -0.505 e. The van der Waals surface area contributed by atoms with Crippen LogP contribution in [0.4, 0.5) is 0 Å². The van der Waals surface area contributed by atoms with Crippen molar-refractivity contribution in [2.24, 2.45) is 4.99 Å². The number of benzene rings is 1. The second-order valence-corrected chi connectivity index (χ2v) is 4.18. The number of phenols is 1. The van der Waals surface area contributed by atoms with Crippen LogP contribution in [-0.2, 0) is 4.74 Å². The number of nitrogens with zero attached hydrogens (tertiary/aromatic N) is 1. The minimum absolute atomic E-state index is 0.0753. The third-order valence-corrected chi connectivity index (χ3v) is 2.64. The van der Waals surface area contributed by atoms with Crippen LogP contribution in [-0.4, -0.2) is 23.7 Å². The van der Waals surface area contributed by atoms with Gasteiger partial charge in [-0.05, 0) is 19.1 Å². The van der Waals surface area contributed by atoms with E-state index in [0.29, 0.717) is 18.0 Å². The predicted molar refractivity (Wildman–Crippen MR) is 60.1 cm³/mol. The van der Waals surface area contributed by atoms with Crippen LogP contribution >= 0.6 is 23.2 Å². The van der Waals surface area contributed by atoms with Crippen molar-refractivity contribution in [1.82, 2.24) is 0 Å². The Morgan fingerprint density at radius 2 is 2.00 bits per heavy atom. The Morgan fingerprint density at radius 3 is 2.47 bits per heavy atom. The van der Waals surface area contributed by atoms with Gasteiger partial charge >= 0.3 is 0 Å². The first-order valence-electron chi connectivity index (χ1n) is 4.47. The molecule has 3 nitrogen and oxygen atoms in total. The van der Waals surface area contributed by atoms with Crippen LogP contribution in [0.1, 0.15) is 12.5 Å². The summed E-state index contributed by atoms with van der Waals surface area (Å²) in [6.45, 7) is 2.56. The van der Waals surface area contributed by atoms with Crippen molar-refractivity contribution < 1.29 is 9.84 Å². The maximum atomic E-state index is 9.38. The monoisotopic (exact) mass is 245 g/mol. The maximum Gasteiger partial charge on any atom is 0.216 e. The Bertz CT molecular complexity index is 408. The lowest BCUT2D eigenvalue weighted by Gasteiger charge is -2.07. The topological polar surface area (TPSA) is 41.8 Å². The molecule has 80 valence electrons. The quantitative estimate of drug-likeness (QED) is 0.827. The van der Waals surface area contributed by atoms with Crippen molar-refractivity contribution in [1.29, 1.82) is 0 Å². The molecule has 1 aromatic rings. The molecule has 0 bridgehead atoms. The number of ether oxygens (including phenoxy) is 1. The average molecular weight is 246 g/mol.